The highest BCUT2D eigenvalue weighted by atomic mass is 35.5. The average molecular weight is 290 g/mol. The molecule has 3 aromatic rings. The fraction of sp³-hybridized carbons (Fsp3) is 0. The van der Waals surface area contributed by atoms with Crippen LogP contribution < -0.4 is 5.73 Å². The van der Waals surface area contributed by atoms with Crippen molar-refractivity contribution in [3.63, 3.8) is 0 Å². The van der Waals surface area contributed by atoms with Gasteiger partial charge in [-0.25, -0.2) is 0 Å². The smallest absolute Gasteiger partial charge is 0.133 e. The highest BCUT2D eigenvalue weighted by Gasteiger charge is 2.05. The summed E-state index contributed by atoms with van der Waals surface area (Å²) in [6.07, 6.45) is 3.61. The first kappa shape index (κ1) is 13.5. The molecule has 0 saturated carbocycles. The second kappa shape index (κ2) is 5.38. The Kier molecular flexibility index (Phi) is 3.83. The number of amidine groups is 1. The second-order valence-electron chi connectivity index (χ2n) is 4.02. The molecule has 0 amide bonds. The van der Waals surface area contributed by atoms with Gasteiger partial charge in [0, 0.05) is 22.7 Å². The minimum atomic E-state index is 0. The number of nitrogens with zero attached hydrogens (tertiary/aromatic N) is 1. The molecule has 3 N–H and O–H groups in total. The molecule has 0 aliphatic rings. The largest absolute Gasteiger partial charge is 0.383 e. The number of aromatic nitrogens is 1. The van der Waals surface area contributed by atoms with Crippen molar-refractivity contribution in [1.29, 1.82) is 5.41 Å². The first-order chi connectivity index (χ1) is 8.74. The Morgan fingerprint density at radius 1 is 1.16 bits per heavy atom. The van der Waals surface area contributed by atoms with E-state index in [0.717, 1.165) is 26.1 Å². The molecule has 96 valence electrons. The van der Waals surface area contributed by atoms with Crippen molar-refractivity contribution < 1.29 is 0 Å². The maximum atomic E-state index is 7.46. The number of hydrogen-bond donors (Lipinski definition) is 2. The quantitative estimate of drug-likeness (QED) is 0.558. The Morgan fingerprint density at radius 2 is 2.00 bits per heavy atom. The zero-order chi connectivity index (χ0) is 12.5. The van der Waals surface area contributed by atoms with E-state index >= 15 is 0 Å². The first-order valence-electron chi connectivity index (χ1n) is 5.52. The lowest BCUT2D eigenvalue weighted by Crippen LogP contribution is -2.08. The van der Waals surface area contributed by atoms with Crippen LogP contribution in [0.15, 0.2) is 48.8 Å². The van der Waals surface area contributed by atoms with E-state index in [4.69, 9.17) is 11.1 Å². The van der Waals surface area contributed by atoms with Gasteiger partial charge in [0.05, 0.1) is 4.88 Å². The molecule has 0 fully saturated rings. The van der Waals surface area contributed by atoms with Gasteiger partial charge in [-0.05, 0) is 35.2 Å². The van der Waals surface area contributed by atoms with Crippen molar-refractivity contribution in [2.24, 2.45) is 5.73 Å². The monoisotopic (exact) mass is 289 g/mol. The van der Waals surface area contributed by atoms with Crippen molar-refractivity contribution in [3.05, 3.63) is 53.7 Å². The van der Waals surface area contributed by atoms with Crippen LogP contribution in [0.1, 0.15) is 4.88 Å². The lowest BCUT2D eigenvalue weighted by atomic mass is 10.1. The zero-order valence-corrected chi connectivity index (χ0v) is 11.6. The Bertz CT molecular complexity index is 722. The SMILES string of the molecule is Cl.N=C(N)c1cc2cc(-c3cccnc3)ccc2s1. The van der Waals surface area contributed by atoms with Gasteiger partial charge in [-0.3, -0.25) is 10.4 Å². The molecular formula is C14H12ClN3S. The average Bonchev–Trinajstić information content (AvgIpc) is 2.82. The molecule has 3 nitrogen and oxygen atoms in total. The highest BCUT2D eigenvalue weighted by Crippen LogP contribution is 2.29. The lowest BCUT2D eigenvalue weighted by molar-refractivity contribution is 1.33. The number of nitrogen functional groups attached to an aromatic ring is 1. The summed E-state index contributed by atoms with van der Waals surface area (Å²) in [7, 11) is 0. The number of benzene rings is 1. The Labute approximate surface area is 121 Å². The van der Waals surface area contributed by atoms with Crippen molar-refractivity contribution in [2.45, 2.75) is 0 Å². The van der Waals surface area contributed by atoms with Crippen molar-refractivity contribution >= 4 is 39.7 Å². The number of hydrogen-bond acceptors (Lipinski definition) is 3. The van der Waals surface area contributed by atoms with Gasteiger partial charge >= 0.3 is 0 Å². The van der Waals surface area contributed by atoms with Gasteiger partial charge in [-0.1, -0.05) is 12.1 Å². The van der Waals surface area contributed by atoms with Crippen molar-refractivity contribution in [2.75, 3.05) is 0 Å². The molecule has 0 aliphatic carbocycles. The van der Waals surface area contributed by atoms with Gasteiger partial charge in [-0.2, -0.15) is 0 Å². The first-order valence-corrected chi connectivity index (χ1v) is 6.34. The molecule has 0 bridgehead atoms. The van der Waals surface area contributed by atoms with E-state index in [1.807, 2.05) is 24.4 Å². The van der Waals surface area contributed by atoms with Crippen LogP contribution in [0, 0.1) is 5.41 Å². The molecule has 0 atom stereocenters. The fourth-order valence-electron chi connectivity index (χ4n) is 1.89. The number of pyridine rings is 1. The van der Waals surface area contributed by atoms with Gasteiger partial charge < -0.3 is 5.73 Å². The summed E-state index contributed by atoms with van der Waals surface area (Å²) < 4.78 is 1.15. The van der Waals surface area contributed by atoms with Crippen molar-refractivity contribution in [1.82, 2.24) is 4.98 Å². The summed E-state index contributed by atoms with van der Waals surface area (Å²) in [6.45, 7) is 0. The number of nitrogens with one attached hydrogen (secondary N) is 1. The van der Waals surface area contributed by atoms with E-state index in [0.29, 0.717) is 0 Å². The van der Waals surface area contributed by atoms with Gasteiger partial charge in [0.2, 0.25) is 0 Å². The molecule has 5 heteroatoms. The van der Waals surface area contributed by atoms with Gasteiger partial charge in [0.1, 0.15) is 5.84 Å². The second-order valence-corrected chi connectivity index (χ2v) is 5.10. The van der Waals surface area contributed by atoms with Gasteiger partial charge in [0.15, 0.2) is 0 Å². The number of rotatable bonds is 2. The van der Waals surface area contributed by atoms with Crippen LogP contribution >= 0.6 is 23.7 Å². The summed E-state index contributed by atoms with van der Waals surface area (Å²) in [6, 6.07) is 12.2. The standard InChI is InChI=1S/C14H11N3S.ClH/c15-14(16)13-7-11-6-9(3-4-12(11)18-13)10-2-1-5-17-8-10;/h1-8H,(H3,15,16);1H. The molecule has 1 aromatic carbocycles. The third-order valence-corrected chi connectivity index (χ3v) is 3.93. The van der Waals surface area contributed by atoms with Crippen LogP contribution in [0.3, 0.4) is 0 Å². The third kappa shape index (κ3) is 2.59. The predicted molar refractivity (Wildman–Crippen MR) is 83.3 cm³/mol. The molecule has 2 heterocycles. The molecule has 19 heavy (non-hydrogen) atoms. The Hall–Kier alpha value is -1.91. The van der Waals surface area contributed by atoms with Crippen LogP contribution in [0.4, 0.5) is 0 Å². The van der Waals surface area contributed by atoms with Crippen LogP contribution in [0.5, 0.6) is 0 Å². The summed E-state index contributed by atoms with van der Waals surface area (Å²) in [5.74, 6) is 0.124. The topological polar surface area (TPSA) is 62.8 Å². The summed E-state index contributed by atoms with van der Waals surface area (Å²) >= 11 is 1.54. The number of thiophene rings is 1. The Morgan fingerprint density at radius 3 is 2.68 bits per heavy atom. The molecule has 3 rings (SSSR count). The van der Waals surface area contributed by atoms with Gasteiger partial charge in [-0.15, -0.1) is 23.7 Å². The molecule has 0 spiro atoms. The van der Waals surface area contributed by atoms with E-state index in [1.54, 1.807) is 17.5 Å². The van der Waals surface area contributed by atoms with E-state index in [9.17, 15) is 0 Å². The van der Waals surface area contributed by atoms with E-state index in [-0.39, 0.29) is 18.2 Å². The summed E-state index contributed by atoms with van der Waals surface area (Å²) in [5.41, 5.74) is 7.73. The summed E-state index contributed by atoms with van der Waals surface area (Å²) in [5, 5.41) is 8.58. The normalized spacial score (nSPS) is 10.1. The molecule has 0 saturated heterocycles. The summed E-state index contributed by atoms with van der Waals surface area (Å²) in [4.78, 5) is 4.94. The molecule has 0 radical (unpaired) electrons. The van der Waals surface area contributed by atoms with Crippen LogP contribution in [-0.4, -0.2) is 10.8 Å². The molecule has 2 aromatic heterocycles. The Balaban J connectivity index is 0.00000133. The van der Waals surface area contributed by atoms with E-state index in [2.05, 4.69) is 23.2 Å². The minimum absolute atomic E-state index is 0. The van der Waals surface area contributed by atoms with E-state index < -0.39 is 0 Å². The maximum Gasteiger partial charge on any atom is 0.133 e. The predicted octanol–water partition coefficient (Wildman–Crippen LogP) is 3.67. The fourth-order valence-corrected chi connectivity index (χ4v) is 2.79. The van der Waals surface area contributed by atoms with Crippen molar-refractivity contribution in [3.8, 4) is 11.1 Å². The number of nitrogens with two attached hydrogens (primary N) is 1. The van der Waals surface area contributed by atoms with Gasteiger partial charge in [0.25, 0.3) is 0 Å². The zero-order valence-electron chi connectivity index (χ0n) is 9.96. The molecule has 0 unspecified atom stereocenters. The van der Waals surface area contributed by atoms with Crippen LogP contribution in [0.25, 0.3) is 21.2 Å². The number of halogens is 1. The highest BCUT2D eigenvalue weighted by molar-refractivity contribution is 7.20. The molecule has 0 aliphatic heterocycles. The minimum Gasteiger partial charge on any atom is -0.383 e. The number of fused-ring (bicyclic) bond motifs is 1. The van der Waals surface area contributed by atoms with Crippen LogP contribution in [-0.2, 0) is 0 Å². The molecular weight excluding hydrogens is 278 g/mol. The lowest BCUT2D eigenvalue weighted by Gasteiger charge is -2.00. The third-order valence-electron chi connectivity index (χ3n) is 2.78. The van der Waals surface area contributed by atoms with Crippen LogP contribution in [0.2, 0.25) is 0 Å². The van der Waals surface area contributed by atoms with E-state index in [1.165, 1.54) is 0 Å². The maximum absolute atomic E-state index is 7.46.